The highest BCUT2D eigenvalue weighted by Crippen LogP contribution is 1.99. The average molecular weight is 999 g/mol. The van der Waals surface area contributed by atoms with E-state index >= 15 is 0 Å². The number of carbonyl (C=O) groups is 4. The van der Waals surface area contributed by atoms with Gasteiger partial charge in [-0.2, -0.15) is 0 Å². The smallest absolute Gasteiger partial charge is 0.236 e. The first kappa shape index (κ1) is 66.3. The normalized spacial score (nSPS) is 12.2. The van der Waals surface area contributed by atoms with Crippen LogP contribution in [0.5, 0.6) is 0 Å². The summed E-state index contributed by atoms with van der Waals surface area (Å²) in [5.74, 6) is -0.431. The summed E-state index contributed by atoms with van der Waals surface area (Å²) < 4.78 is 60.5. The molecule has 0 saturated carbocycles. The molecule has 0 radical (unpaired) electrons. The van der Waals surface area contributed by atoms with Crippen molar-refractivity contribution >= 4 is 23.6 Å². The van der Waals surface area contributed by atoms with Gasteiger partial charge in [0.15, 0.2) is 0 Å². The Labute approximate surface area is 412 Å². The third-order valence-electron chi connectivity index (χ3n) is 9.64. The highest BCUT2D eigenvalue weighted by Gasteiger charge is 2.13. The Balaban J connectivity index is 3.28. The number of ether oxygens (including phenoxy) is 11. The molecule has 0 fully saturated rings. The lowest BCUT2D eigenvalue weighted by Gasteiger charge is -2.12. The van der Waals surface area contributed by atoms with Gasteiger partial charge in [-0.3, -0.25) is 19.2 Å². The van der Waals surface area contributed by atoms with Crippen LogP contribution in [0.4, 0.5) is 0 Å². The molecule has 0 aromatic heterocycles. The van der Waals surface area contributed by atoms with Gasteiger partial charge in [0.2, 0.25) is 23.6 Å². The summed E-state index contributed by atoms with van der Waals surface area (Å²) in [4.78, 5) is 47.8. The lowest BCUT2D eigenvalue weighted by Crippen LogP contribution is -2.41. The van der Waals surface area contributed by atoms with E-state index in [1.165, 1.54) is 0 Å². The van der Waals surface area contributed by atoms with E-state index in [9.17, 15) is 19.2 Å². The van der Waals surface area contributed by atoms with E-state index in [4.69, 9.17) is 75.0 Å². The summed E-state index contributed by atoms with van der Waals surface area (Å²) in [6.07, 6.45) is 8.05. The predicted octanol–water partition coefficient (Wildman–Crippen LogP) is -1.11. The van der Waals surface area contributed by atoms with Gasteiger partial charge in [0.05, 0.1) is 131 Å². The number of unbranched alkanes of at least 4 members (excludes halogenated alkanes) is 2. The Kier molecular flexibility index (Phi) is 52.5. The van der Waals surface area contributed by atoms with Gasteiger partial charge in [0, 0.05) is 65.4 Å². The van der Waals surface area contributed by atoms with Crippen molar-refractivity contribution in [1.82, 2.24) is 21.3 Å². The van der Waals surface area contributed by atoms with Gasteiger partial charge in [-0.05, 0) is 64.5 Å². The second-order valence-corrected chi connectivity index (χ2v) is 15.7. The molecule has 0 saturated heterocycles. The van der Waals surface area contributed by atoms with E-state index < -0.39 is 12.1 Å². The van der Waals surface area contributed by atoms with Crippen LogP contribution in [0.25, 0.3) is 0 Å². The third-order valence-corrected chi connectivity index (χ3v) is 9.64. The summed E-state index contributed by atoms with van der Waals surface area (Å²) in [5, 5.41) is 11.3. The molecule has 0 aromatic carbocycles. The van der Waals surface area contributed by atoms with Crippen molar-refractivity contribution in [3.05, 3.63) is 0 Å². The van der Waals surface area contributed by atoms with Crippen molar-refractivity contribution in [3.8, 4) is 0 Å². The Morgan fingerprint density at radius 1 is 0.304 bits per heavy atom. The van der Waals surface area contributed by atoms with E-state index in [0.29, 0.717) is 223 Å². The number of nitrogens with one attached hydrogen (secondary N) is 4. The SMILES string of the molecule is NCCCCC(N)C(=O)NCCCOCCOCCOCCCNC(=O)CCOCCOCCOCCOCCOCCC(=O)NCCCOCCOCCOCCCNC(=O)[C@@H](N)CCCCN. The maximum atomic E-state index is 12.0. The quantitative estimate of drug-likeness (QED) is 0.0335. The first-order valence-corrected chi connectivity index (χ1v) is 25.2. The van der Waals surface area contributed by atoms with Crippen LogP contribution in [-0.2, 0) is 71.3 Å². The Hall–Kier alpha value is -2.72. The molecule has 69 heavy (non-hydrogen) atoms. The standard InChI is InChI=1S/C46H94N8O15/c47-13-3-1-9-41(49)45(57)53-17-7-21-61-27-33-65-31-25-59-19-5-15-51-43(55)11-23-63-29-35-67-37-39-69-40-38-68-36-30-64-24-12-44(56)52-16-6-20-60-26-32-66-34-28-62-22-8-18-54-46(58)42(50)10-2-4-14-48/h41-42H,1-40,47-50H2,(H,51,55)(H,52,56)(H,53,57)(H,54,58)/t41-,42?/m0/s1. The minimum absolute atomic E-state index is 0.0769. The first-order valence-electron chi connectivity index (χ1n) is 25.2. The van der Waals surface area contributed by atoms with Gasteiger partial charge in [0.1, 0.15) is 0 Å². The van der Waals surface area contributed by atoms with Gasteiger partial charge in [-0.25, -0.2) is 0 Å². The molecule has 23 nitrogen and oxygen atoms in total. The monoisotopic (exact) mass is 999 g/mol. The molecule has 1 unspecified atom stereocenters. The Morgan fingerprint density at radius 3 is 0.797 bits per heavy atom. The molecule has 23 heteroatoms. The molecule has 0 rings (SSSR count). The molecule has 2 atom stereocenters. The lowest BCUT2D eigenvalue weighted by molar-refractivity contribution is -0.123. The molecular weight excluding hydrogens is 905 g/mol. The molecule has 0 aromatic rings. The van der Waals surface area contributed by atoms with Gasteiger partial charge >= 0.3 is 0 Å². The molecule has 0 spiro atoms. The van der Waals surface area contributed by atoms with Crippen LogP contribution in [-0.4, -0.2) is 220 Å². The number of carbonyl (C=O) groups excluding carboxylic acids is 4. The van der Waals surface area contributed by atoms with E-state index in [1.54, 1.807) is 0 Å². The first-order chi connectivity index (χ1) is 33.8. The molecule has 408 valence electrons. The summed E-state index contributed by atoms with van der Waals surface area (Å²) >= 11 is 0. The number of rotatable bonds is 56. The molecule has 0 aliphatic heterocycles. The van der Waals surface area contributed by atoms with Crippen molar-refractivity contribution in [2.24, 2.45) is 22.9 Å². The summed E-state index contributed by atoms with van der Waals surface area (Å²) in [6, 6.07) is -0.982. The maximum absolute atomic E-state index is 12.0. The van der Waals surface area contributed by atoms with E-state index in [-0.39, 0.29) is 36.5 Å². The summed E-state index contributed by atoms with van der Waals surface area (Å²) in [7, 11) is 0. The van der Waals surface area contributed by atoms with Crippen LogP contribution in [0, 0.1) is 0 Å². The number of amides is 4. The highest BCUT2D eigenvalue weighted by molar-refractivity contribution is 5.81. The largest absolute Gasteiger partial charge is 0.379 e. The van der Waals surface area contributed by atoms with E-state index in [0.717, 1.165) is 25.7 Å². The van der Waals surface area contributed by atoms with Crippen LogP contribution in [0.15, 0.2) is 0 Å². The van der Waals surface area contributed by atoms with Crippen LogP contribution >= 0.6 is 0 Å². The minimum atomic E-state index is -0.491. The van der Waals surface area contributed by atoms with Crippen molar-refractivity contribution in [2.45, 2.75) is 89.1 Å². The molecule has 0 aliphatic rings. The molecule has 0 aliphatic carbocycles. The molecule has 4 amide bonds. The van der Waals surface area contributed by atoms with Gasteiger partial charge in [-0.1, -0.05) is 12.8 Å². The topological polar surface area (TPSA) is 322 Å². The minimum Gasteiger partial charge on any atom is -0.379 e. The van der Waals surface area contributed by atoms with Crippen molar-refractivity contribution in [3.63, 3.8) is 0 Å². The van der Waals surface area contributed by atoms with E-state index in [2.05, 4.69) is 21.3 Å². The molecule has 12 N–H and O–H groups in total. The van der Waals surface area contributed by atoms with Crippen LogP contribution in [0.3, 0.4) is 0 Å². The summed E-state index contributed by atoms with van der Waals surface area (Å²) in [6.45, 7) is 13.0. The third kappa shape index (κ3) is 51.4. The average Bonchev–Trinajstić information content (AvgIpc) is 3.34. The number of nitrogens with two attached hydrogens (primary N) is 4. The number of hydrogen-bond acceptors (Lipinski definition) is 19. The fraction of sp³-hybridized carbons (Fsp3) is 0.913. The van der Waals surface area contributed by atoms with Crippen molar-refractivity contribution in [1.29, 1.82) is 0 Å². The molecular formula is C46H94N8O15. The van der Waals surface area contributed by atoms with Crippen LogP contribution < -0.4 is 44.2 Å². The van der Waals surface area contributed by atoms with Crippen LogP contribution in [0.2, 0.25) is 0 Å². The molecule has 0 heterocycles. The second kappa shape index (κ2) is 54.6. The maximum Gasteiger partial charge on any atom is 0.236 e. The van der Waals surface area contributed by atoms with Gasteiger partial charge in [-0.15, -0.1) is 0 Å². The zero-order valence-corrected chi connectivity index (χ0v) is 41.9. The highest BCUT2D eigenvalue weighted by atomic mass is 16.6. The fourth-order valence-electron chi connectivity index (χ4n) is 5.69. The Morgan fingerprint density at radius 2 is 0.536 bits per heavy atom. The van der Waals surface area contributed by atoms with Gasteiger partial charge < -0.3 is 96.3 Å². The second-order valence-electron chi connectivity index (χ2n) is 15.7. The van der Waals surface area contributed by atoms with Crippen molar-refractivity contribution in [2.75, 3.05) is 185 Å². The van der Waals surface area contributed by atoms with Crippen molar-refractivity contribution < 1.29 is 71.3 Å². The number of hydrogen-bond donors (Lipinski definition) is 8. The van der Waals surface area contributed by atoms with Crippen LogP contribution in [0.1, 0.15) is 77.0 Å². The molecule has 0 bridgehead atoms. The predicted molar refractivity (Wildman–Crippen MR) is 261 cm³/mol. The fourth-order valence-corrected chi connectivity index (χ4v) is 5.69. The zero-order chi connectivity index (χ0) is 50.4. The van der Waals surface area contributed by atoms with Gasteiger partial charge in [0.25, 0.3) is 0 Å². The zero-order valence-electron chi connectivity index (χ0n) is 41.9. The Bertz CT molecular complexity index is 1070. The summed E-state index contributed by atoms with van der Waals surface area (Å²) in [5.41, 5.74) is 22.6. The lowest BCUT2D eigenvalue weighted by atomic mass is 10.1. The van der Waals surface area contributed by atoms with E-state index in [1.807, 2.05) is 0 Å².